The topological polar surface area (TPSA) is 19.9 Å². The molecule has 0 radical (unpaired) electrons. The molecule has 0 amide bonds. The molecular weight excluding hydrogens is 112 g/mol. The molecule has 0 bridgehead atoms. The summed E-state index contributed by atoms with van der Waals surface area (Å²) in [6.45, 7) is 6.58. The van der Waals surface area contributed by atoms with E-state index in [-0.39, 0.29) is 0 Å². The van der Waals surface area contributed by atoms with E-state index in [4.69, 9.17) is 4.65 Å². The Kier molecular flexibility index (Phi) is 4.51. The van der Waals surface area contributed by atoms with Crippen molar-refractivity contribution in [3.8, 4) is 0 Å². The van der Waals surface area contributed by atoms with Crippen molar-refractivity contribution in [2.75, 3.05) is 0 Å². The average molecular weight is 120 g/mol. The molecule has 1 heteroatoms. The molecule has 0 aliphatic carbocycles. The van der Waals surface area contributed by atoms with Crippen LogP contribution in [-0.2, 0) is 4.65 Å². The van der Waals surface area contributed by atoms with E-state index < -0.39 is 0 Å². The van der Waals surface area contributed by atoms with Crippen molar-refractivity contribution in [2.45, 2.75) is 6.92 Å². The number of benzene rings is 1. The van der Waals surface area contributed by atoms with Crippen LogP contribution in [0.1, 0.15) is 5.56 Å². The van der Waals surface area contributed by atoms with Crippen molar-refractivity contribution in [3.63, 3.8) is 0 Å². The first-order valence-electron chi connectivity index (χ1n) is 2.61. The molecule has 0 unspecified atom stereocenters. The Labute approximate surface area is 55.0 Å². The molecule has 1 aromatic carbocycles. The monoisotopic (exact) mass is 120 g/mol. The van der Waals surface area contributed by atoms with Gasteiger partial charge in [0.2, 0.25) is 0 Å². The minimum absolute atomic E-state index is 1.32. The van der Waals surface area contributed by atoms with Gasteiger partial charge in [0.05, 0.1) is 0 Å². The standard InChI is InChI=1S/C7H8.CO/c1-7-5-3-2-4-6-7;1-2/h2-6H,1H3;. The van der Waals surface area contributed by atoms with Crippen LogP contribution in [0.5, 0.6) is 0 Å². The summed E-state index contributed by atoms with van der Waals surface area (Å²) in [7, 11) is 0. The summed E-state index contributed by atoms with van der Waals surface area (Å²) in [5.41, 5.74) is 1.32. The molecule has 0 spiro atoms. The Morgan fingerprint density at radius 3 is 1.78 bits per heavy atom. The zero-order valence-electron chi connectivity index (χ0n) is 5.29. The summed E-state index contributed by atoms with van der Waals surface area (Å²) in [5.74, 6) is 0. The predicted molar refractivity (Wildman–Crippen MR) is 35.1 cm³/mol. The molecule has 46 valence electrons. The van der Waals surface area contributed by atoms with Gasteiger partial charge in [0.1, 0.15) is 0 Å². The van der Waals surface area contributed by atoms with Gasteiger partial charge in [-0.2, -0.15) is 0 Å². The second-order valence-electron chi connectivity index (χ2n) is 1.65. The van der Waals surface area contributed by atoms with Crippen LogP contribution in [0.15, 0.2) is 30.3 Å². The Bertz CT molecular complexity index is 164. The molecule has 1 aromatic rings. The number of aryl methyl sites for hydroxylation is 1. The summed E-state index contributed by atoms with van der Waals surface area (Å²) < 4.78 is 7.50. The molecule has 0 aromatic heterocycles. The van der Waals surface area contributed by atoms with Crippen LogP contribution in [0, 0.1) is 13.6 Å². The van der Waals surface area contributed by atoms with Gasteiger partial charge in [-0.1, -0.05) is 35.9 Å². The van der Waals surface area contributed by atoms with Crippen molar-refractivity contribution in [1.29, 1.82) is 0 Å². The van der Waals surface area contributed by atoms with Crippen molar-refractivity contribution < 1.29 is 4.65 Å². The van der Waals surface area contributed by atoms with Gasteiger partial charge in [0, 0.05) is 0 Å². The second kappa shape index (κ2) is 5.10. The van der Waals surface area contributed by atoms with Gasteiger partial charge in [-0.05, 0) is 6.92 Å². The molecule has 1 nitrogen and oxygen atoms in total. The van der Waals surface area contributed by atoms with Crippen LogP contribution in [0.2, 0.25) is 0 Å². The zero-order chi connectivity index (χ0) is 7.11. The van der Waals surface area contributed by atoms with E-state index in [1.165, 1.54) is 5.56 Å². The Hall–Kier alpha value is -1.04. The molecule has 0 saturated heterocycles. The predicted octanol–water partition coefficient (Wildman–Crippen LogP) is 1.96. The molecule has 0 N–H and O–H groups in total. The SMILES string of the molecule is Cc1ccccc1.[C-]#[O+]. The molecule has 0 heterocycles. The fourth-order valence-electron chi connectivity index (χ4n) is 0.534. The first-order valence-corrected chi connectivity index (χ1v) is 2.61. The number of hydrogen-bond donors (Lipinski definition) is 0. The van der Waals surface area contributed by atoms with Gasteiger partial charge < -0.3 is 0 Å². The van der Waals surface area contributed by atoms with Crippen LogP contribution in [0.25, 0.3) is 0 Å². The summed E-state index contributed by atoms with van der Waals surface area (Å²) in [5, 5.41) is 0. The average Bonchev–Trinajstić information content (AvgIpc) is 1.94. The molecule has 0 saturated carbocycles. The molecule has 0 aliphatic rings. The van der Waals surface area contributed by atoms with E-state index in [1.807, 2.05) is 18.2 Å². The van der Waals surface area contributed by atoms with Gasteiger partial charge in [0.25, 0.3) is 0 Å². The van der Waals surface area contributed by atoms with Crippen molar-refractivity contribution in [3.05, 3.63) is 42.5 Å². The van der Waals surface area contributed by atoms with E-state index in [0.29, 0.717) is 0 Å². The summed E-state index contributed by atoms with van der Waals surface area (Å²) in [4.78, 5) is 0. The molecule has 0 atom stereocenters. The maximum absolute atomic E-state index is 7.50. The quantitative estimate of drug-likeness (QED) is 0.368. The zero-order valence-corrected chi connectivity index (χ0v) is 5.29. The molecular formula is C8H8O. The Morgan fingerprint density at radius 2 is 1.56 bits per heavy atom. The van der Waals surface area contributed by atoms with E-state index in [1.54, 1.807) is 0 Å². The third-order valence-corrected chi connectivity index (χ3v) is 0.940. The first-order chi connectivity index (χ1) is 4.39. The molecule has 9 heavy (non-hydrogen) atoms. The van der Waals surface area contributed by atoms with E-state index >= 15 is 0 Å². The molecule has 1 rings (SSSR count). The minimum atomic E-state index is 1.32. The first kappa shape index (κ1) is 7.96. The van der Waals surface area contributed by atoms with Crippen LogP contribution in [0.3, 0.4) is 0 Å². The third-order valence-electron chi connectivity index (χ3n) is 0.940. The third kappa shape index (κ3) is 3.53. The van der Waals surface area contributed by atoms with Gasteiger partial charge in [-0.15, -0.1) is 0 Å². The van der Waals surface area contributed by atoms with Gasteiger partial charge in [-0.3, -0.25) is 0 Å². The van der Waals surface area contributed by atoms with E-state index in [0.717, 1.165) is 0 Å². The fraction of sp³-hybridized carbons (Fsp3) is 0.125. The van der Waals surface area contributed by atoms with Crippen LogP contribution in [-0.4, -0.2) is 0 Å². The fourth-order valence-corrected chi connectivity index (χ4v) is 0.534. The van der Waals surface area contributed by atoms with E-state index in [9.17, 15) is 0 Å². The van der Waals surface area contributed by atoms with Crippen LogP contribution >= 0.6 is 0 Å². The summed E-state index contributed by atoms with van der Waals surface area (Å²) >= 11 is 0. The van der Waals surface area contributed by atoms with Crippen LogP contribution in [0.4, 0.5) is 0 Å². The summed E-state index contributed by atoms with van der Waals surface area (Å²) in [6.07, 6.45) is 0. The normalized spacial score (nSPS) is 7.00. The number of hydrogen-bond acceptors (Lipinski definition) is 0. The van der Waals surface area contributed by atoms with Crippen molar-refractivity contribution in [1.82, 2.24) is 0 Å². The van der Waals surface area contributed by atoms with Gasteiger partial charge >= 0.3 is 11.3 Å². The summed E-state index contributed by atoms with van der Waals surface area (Å²) in [6, 6.07) is 10.3. The van der Waals surface area contributed by atoms with Gasteiger partial charge in [0.15, 0.2) is 0 Å². The Balaban J connectivity index is 0.000000291. The Morgan fingerprint density at radius 1 is 1.11 bits per heavy atom. The number of rotatable bonds is 0. The van der Waals surface area contributed by atoms with Crippen molar-refractivity contribution >= 4 is 0 Å². The van der Waals surface area contributed by atoms with Gasteiger partial charge in [-0.25, -0.2) is 0 Å². The van der Waals surface area contributed by atoms with Crippen molar-refractivity contribution in [2.24, 2.45) is 0 Å². The second-order valence-corrected chi connectivity index (χ2v) is 1.65. The molecule has 0 aliphatic heterocycles. The van der Waals surface area contributed by atoms with Crippen LogP contribution < -0.4 is 0 Å². The maximum atomic E-state index is 7.50. The van der Waals surface area contributed by atoms with E-state index in [2.05, 4.69) is 25.7 Å². The molecule has 0 fully saturated rings.